The largest absolute Gasteiger partial charge is 0.338 e. The fraction of sp³-hybridized carbons (Fsp3) is 0.304. The van der Waals surface area contributed by atoms with Crippen molar-refractivity contribution in [2.24, 2.45) is 0 Å². The van der Waals surface area contributed by atoms with E-state index in [1.807, 2.05) is 18.2 Å². The molecule has 1 saturated carbocycles. The first-order valence-electron chi connectivity index (χ1n) is 10.4. The van der Waals surface area contributed by atoms with E-state index >= 15 is 0 Å². The Morgan fingerprint density at radius 2 is 1.87 bits per heavy atom. The minimum Gasteiger partial charge on any atom is -0.338 e. The van der Waals surface area contributed by atoms with E-state index in [0.717, 1.165) is 52.6 Å². The van der Waals surface area contributed by atoms with Gasteiger partial charge in [0.25, 0.3) is 0 Å². The molecular formula is C23H22BrN5OS. The highest BCUT2D eigenvalue weighted by Crippen LogP contribution is 2.40. The number of nitrogens with zero attached hydrogens (tertiary/aromatic N) is 5. The summed E-state index contributed by atoms with van der Waals surface area (Å²) in [7, 11) is 0. The van der Waals surface area contributed by atoms with Crippen molar-refractivity contribution in [1.82, 2.24) is 24.9 Å². The van der Waals surface area contributed by atoms with Gasteiger partial charge in [-0.3, -0.25) is 0 Å². The van der Waals surface area contributed by atoms with Crippen LogP contribution in [0.5, 0.6) is 0 Å². The lowest BCUT2D eigenvalue weighted by molar-refractivity contribution is 0.374. The molecule has 0 amide bonds. The molecule has 31 heavy (non-hydrogen) atoms. The van der Waals surface area contributed by atoms with Crippen LogP contribution in [0.2, 0.25) is 0 Å². The minimum absolute atomic E-state index is 0.00237. The van der Waals surface area contributed by atoms with Crippen molar-refractivity contribution in [1.29, 1.82) is 0 Å². The van der Waals surface area contributed by atoms with Crippen molar-refractivity contribution in [3.05, 3.63) is 76.3 Å². The Labute approximate surface area is 193 Å². The number of hydrogen-bond acceptors (Lipinski definition) is 6. The first-order chi connectivity index (χ1) is 15.2. The van der Waals surface area contributed by atoms with Crippen LogP contribution in [0.1, 0.15) is 48.2 Å². The topological polar surface area (TPSA) is 69.6 Å². The van der Waals surface area contributed by atoms with Crippen LogP contribution in [0.15, 0.2) is 68.7 Å². The van der Waals surface area contributed by atoms with Gasteiger partial charge in [0, 0.05) is 22.5 Å². The van der Waals surface area contributed by atoms with Gasteiger partial charge in [-0.25, -0.2) is 0 Å². The summed E-state index contributed by atoms with van der Waals surface area (Å²) in [4.78, 5) is 4.60. The van der Waals surface area contributed by atoms with E-state index < -0.39 is 0 Å². The van der Waals surface area contributed by atoms with Crippen LogP contribution in [0.4, 0.5) is 0 Å². The lowest BCUT2D eigenvalue weighted by atomic mass is 10.1. The number of thioether (sulfide) groups is 1. The smallest absolute Gasteiger partial charge is 0.239 e. The van der Waals surface area contributed by atoms with Gasteiger partial charge in [0.15, 0.2) is 16.8 Å². The average molecular weight is 496 g/mol. The SMILES string of the molecule is CC(Sc1nnc(-c2ccc(Br)cc2)n1CCc1ccccc1)c1nc(C2CC2)no1. The summed E-state index contributed by atoms with van der Waals surface area (Å²) in [5, 5.41) is 14.1. The zero-order chi connectivity index (χ0) is 21.2. The number of rotatable bonds is 8. The van der Waals surface area contributed by atoms with Gasteiger partial charge in [-0.05, 0) is 43.9 Å². The van der Waals surface area contributed by atoms with E-state index in [2.05, 4.69) is 84.2 Å². The first kappa shape index (κ1) is 20.5. The Hall–Kier alpha value is -2.45. The molecule has 1 atom stereocenters. The number of hydrogen-bond donors (Lipinski definition) is 0. The normalized spacial score (nSPS) is 14.6. The zero-order valence-corrected chi connectivity index (χ0v) is 19.5. The van der Waals surface area contributed by atoms with Crippen LogP contribution in [-0.2, 0) is 13.0 Å². The van der Waals surface area contributed by atoms with Gasteiger partial charge in [0.05, 0.1) is 5.25 Å². The van der Waals surface area contributed by atoms with Gasteiger partial charge in [-0.1, -0.05) is 75.3 Å². The number of benzene rings is 2. The highest BCUT2D eigenvalue weighted by molar-refractivity contribution is 9.10. The van der Waals surface area contributed by atoms with Crippen molar-refractivity contribution < 1.29 is 4.52 Å². The molecule has 8 heteroatoms. The Morgan fingerprint density at radius 1 is 1.10 bits per heavy atom. The molecule has 2 aromatic carbocycles. The molecule has 5 rings (SSSR count). The van der Waals surface area contributed by atoms with Crippen molar-refractivity contribution in [2.75, 3.05) is 0 Å². The average Bonchev–Trinajstić information content (AvgIpc) is 3.38. The summed E-state index contributed by atoms with van der Waals surface area (Å²) in [6, 6.07) is 18.7. The van der Waals surface area contributed by atoms with Crippen molar-refractivity contribution in [3.8, 4) is 11.4 Å². The number of aryl methyl sites for hydroxylation is 1. The summed E-state index contributed by atoms with van der Waals surface area (Å²) in [5.41, 5.74) is 2.32. The second-order valence-corrected chi connectivity index (χ2v) is 9.95. The third-order valence-electron chi connectivity index (χ3n) is 5.32. The van der Waals surface area contributed by atoms with E-state index in [4.69, 9.17) is 4.52 Å². The number of halogens is 1. The molecule has 0 saturated heterocycles. The zero-order valence-electron chi connectivity index (χ0n) is 17.1. The van der Waals surface area contributed by atoms with Gasteiger partial charge >= 0.3 is 0 Å². The molecule has 2 heterocycles. The Morgan fingerprint density at radius 3 is 2.61 bits per heavy atom. The van der Waals surface area contributed by atoms with E-state index in [9.17, 15) is 0 Å². The molecule has 0 bridgehead atoms. The van der Waals surface area contributed by atoms with Crippen LogP contribution < -0.4 is 0 Å². The molecular weight excluding hydrogens is 474 g/mol. The van der Waals surface area contributed by atoms with Crippen molar-refractivity contribution in [2.45, 2.75) is 49.1 Å². The lowest BCUT2D eigenvalue weighted by Crippen LogP contribution is -2.06. The summed E-state index contributed by atoms with van der Waals surface area (Å²) < 4.78 is 8.76. The quantitative estimate of drug-likeness (QED) is 0.276. The molecule has 6 nitrogen and oxygen atoms in total. The summed E-state index contributed by atoms with van der Waals surface area (Å²) in [6.07, 6.45) is 3.21. The summed E-state index contributed by atoms with van der Waals surface area (Å²) >= 11 is 5.11. The highest BCUT2D eigenvalue weighted by Gasteiger charge is 2.30. The van der Waals surface area contributed by atoms with E-state index in [1.54, 1.807) is 11.8 Å². The maximum absolute atomic E-state index is 5.53. The lowest BCUT2D eigenvalue weighted by Gasteiger charge is -2.12. The Kier molecular flexibility index (Phi) is 5.91. The predicted octanol–water partition coefficient (Wildman–Crippen LogP) is 6.06. The predicted molar refractivity (Wildman–Crippen MR) is 124 cm³/mol. The molecule has 0 radical (unpaired) electrons. The first-order valence-corrected chi connectivity index (χ1v) is 12.1. The molecule has 0 N–H and O–H groups in total. The fourth-order valence-electron chi connectivity index (χ4n) is 3.40. The molecule has 158 valence electrons. The van der Waals surface area contributed by atoms with Crippen molar-refractivity contribution >= 4 is 27.7 Å². The monoisotopic (exact) mass is 495 g/mol. The van der Waals surface area contributed by atoms with Gasteiger partial charge in [-0.2, -0.15) is 4.98 Å². The molecule has 0 aliphatic heterocycles. The second-order valence-electron chi connectivity index (χ2n) is 7.73. The molecule has 4 aromatic rings. The Bertz CT molecular complexity index is 1150. The molecule has 0 spiro atoms. The van der Waals surface area contributed by atoms with Gasteiger partial charge in [0.1, 0.15) is 0 Å². The summed E-state index contributed by atoms with van der Waals surface area (Å²) in [6.45, 7) is 2.86. The molecule has 1 aliphatic rings. The van der Waals surface area contributed by atoms with E-state index in [0.29, 0.717) is 11.8 Å². The standard InChI is InChI=1S/C23H22BrN5OS/c1-15(22-25-20(28-30-22)17-7-8-17)31-23-27-26-21(18-9-11-19(24)12-10-18)29(23)14-13-16-5-3-2-4-6-16/h2-6,9-12,15,17H,7-8,13-14H2,1H3. The molecule has 1 aliphatic carbocycles. The maximum Gasteiger partial charge on any atom is 0.239 e. The summed E-state index contributed by atoms with van der Waals surface area (Å²) in [5.74, 6) is 2.83. The third kappa shape index (κ3) is 4.75. The van der Waals surface area contributed by atoms with E-state index in [-0.39, 0.29) is 5.25 Å². The van der Waals surface area contributed by atoms with Gasteiger partial charge in [-0.15, -0.1) is 10.2 Å². The van der Waals surface area contributed by atoms with Crippen LogP contribution in [0, 0.1) is 0 Å². The van der Waals surface area contributed by atoms with E-state index in [1.165, 1.54) is 5.56 Å². The van der Waals surface area contributed by atoms with Crippen LogP contribution in [-0.4, -0.2) is 24.9 Å². The van der Waals surface area contributed by atoms with Gasteiger partial charge < -0.3 is 9.09 Å². The van der Waals surface area contributed by atoms with Crippen LogP contribution in [0.3, 0.4) is 0 Å². The molecule has 1 fully saturated rings. The van der Waals surface area contributed by atoms with Gasteiger partial charge in [0.2, 0.25) is 5.89 Å². The third-order valence-corrected chi connectivity index (χ3v) is 6.91. The fourth-order valence-corrected chi connectivity index (χ4v) is 4.57. The second kappa shape index (κ2) is 8.96. The highest BCUT2D eigenvalue weighted by atomic mass is 79.9. The molecule has 2 aromatic heterocycles. The van der Waals surface area contributed by atoms with Crippen molar-refractivity contribution in [3.63, 3.8) is 0 Å². The molecule has 1 unspecified atom stereocenters. The van der Waals surface area contributed by atoms with Crippen LogP contribution in [0.25, 0.3) is 11.4 Å². The maximum atomic E-state index is 5.53. The minimum atomic E-state index is -0.00237. The Balaban J connectivity index is 1.41. The van der Waals surface area contributed by atoms with Crippen LogP contribution >= 0.6 is 27.7 Å². The number of aromatic nitrogens is 5.